The minimum atomic E-state index is -1.90. The van der Waals surface area contributed by atoms with Gasteiger partial charge in [-0.2, -0.15) is 0 Å². The molecule has 1 aliphatic carbocycles. The van der Waals surface area contributed by atoms with Crippen LogP contribution in [0.15, 0.2) is 12.1 Å². The molecule has 0 aliphatic heterocycles. The van der Waals surface area contributed by atoms with Crippen molar-refractivity contribution in [3.8, 4) is 0 Å². The van der Waals surface area contributed by atoms with Crippen LogP contribution in [0.25, 0.3) is 0 Å². The molecule has 0 bridgehead atoms. The van der Waals surface area contributed by atoms with Crippen LogP contribution in [0, 0.1) is 0 Å². The first-order valence-electron chi connectivity index (χ1n) is 5.75. The maximum atomic E-state index is 10.5. The van der Waals surface area contributed by atoms with Crippen LogP contribution in [-0.2, 0) is 5.60 Å². The molecule has 84 valence electrons. The predicted octanol–water partition coefficient (Wildman–Crippen LogP) is 3.05. The van der Waals surface area contributed by atoms with Gasteiger partial charge in [-0.25, -0.2) is 0 Å². The van der Waals surface area contributed by atoms with Crippen molar-refractivity contribution in [2.75, 3.05) is 0 Å². The van der Waals surface area contributed by atoms with E-state index in [1.165, 1.54) is 17.7 Å². The molecule has 2 rings (SSSR count). The fourth-order valence-corrected chi connectivity index (χ4v) is 8.63. The first-order chi connectivity index (χ1) is 6.92. The second-order valence-electron chi connectivity index (χ2n) is 5.65. The van der Waals surface area contributed by atoms with Crippen molar-refractivity contribution < 1.29 is 5.11 Å². The SMILES string of the molecule is [CH3][Sn]([CH3])([CH3])[c]1ccc(C2(O)CCCC2)s1. The Morgan fingerprint density at radius 1 is 1.20 bits per heavy atom. The van der Waals surface area contributed by atoms with E-state index in [1.54, 1.807) is 2.89 Å². The second kappa shape index (κ2) is 4.04. The first kappa shape index (κ1) is 11.9. The van der Waals surface area contributed by atoms with Gasteiger partial charge in [-0.1, -0.05) is 0 Å². The van der Waals surface area contributed by atoms with Crippen molar-refractivity contribution in [1.82, 2.24) is 0 Å². The molecule has 1 aliphatic rings. The predicted molar refractivity (Wildman–Crippen MR) is 69.7 cm³/mol. The summed E-state index contributed by atoms with van der Waals surface area (Å²) < 4.78 is 1.58. The van der Waals surface area contributed by atoms with E-state index in [2.05, 4.69) is 27.0 Å². The minimum absolute atomic E-state index is 0.472. The summed E-state index contributed by atoms with van der Waals surface area (Å²) in [5, 5.41) is 10.5. The molecule has 0 unspecified atom stereocenters. The molecule has 1 heterocycles. The number of rotatable bonds is 2. The van der Waals surface area contributed by atoms with Gasteiger partial charge in [0.1, 0.15) is 0 Å². The van der Waals surface area contributed by atoms with E-state index < -0.39 is 24.0 Å². The van der Waals surface area contributed by atoms with E-state index in [0.29, 0.717) is 0 Å². The second-order valence-corrected chi connectivity index (χ2v) is 22.2. The molecule has 0 amide bonds. The molecule has 1 aromatic rings. The Bertz CT molecular complexity index is 345. The van der Waals surface area contributed by atoms with E-state index >= 15 is 0 Å². The van der Waals surface area contributed by atoms with Gasteiger partial charge in [-0.3, -0.25) is 0 Å². The molecule has 0 radical (unpaired) electrons. The van der Waals surface area contributed by atoms with Crippen LogP contribution in [0.2, 0.25) is 14.8 Å². The molecule has 1 fully saturated rings. The van der Waals surface area contributed by atoms with E-state index in [4.69, 9.17) is 0 Å². The molecule has 0 atom stereocenters. The summed E-state index contributed by atoms with van der Waals surface area (Å²) in [5.41, 5.74) is -0.472. The third-order valence-corrected chi connectivity index (χ3v) is 14.0. The van der Waals surface area contributed by atoms with Gasteiger partial charge < -0.3 is 0 Å². The Hall–Kier alpha value is 0.459. The van der Waals surface area contributed by atoms with Crippen LogP contribution in [0.3, 0.4) is 0 Å². The molecule has 0 saturated heterocycles. The van der Waals surface area contributed by atoms with Gasteiger partial charge in [-0.05, 0) is 0 Å². The summed E-state index contributed by atoms with van der Waals surface area (Å²) in [6, 6.07) is 4.44. The molecule has 3 heteroatoms. The molecule has 15 heavy (non-hydrogen) atoms. The molecule has 0 aromatic carbocycles. The van der Waals surface area contributed by atoms with Gasteiger partial charge in [0.15, 0.2) is 0 Å². The summed E-state index contributed by atoms with van der Waals surface area (Å²) in [6.07, 6.45) is 4.30. The van der Waals surface area contributed by atoms with Crippen molar-refractivity contribution >= 4 is 32.6 Å². The monoisotopic (exact) mass is 332 g/mol. The van der Waals surface area contributed by atoms with Crippen LogP contribution in [0.5, 0.6) is 0 Å². The number of hydrogen-bond acceptors (Lipinski definition) is 2. The average Bonchev–Trinajstić information content (AvgIpc) is 2.69. The third kappa shape index (κ3) is 2.42. The topological polar surface area (TPSA) is 20.2 Å². The Balaban J connectivity index is 2.27. The Kier molecular flexibility index (Phi) is 3.21. The third-order valence-electron chi connectivity index (χ3n) is 3.23. The molecule has 1 aromatic heterocycles. The number of hydrogen-bond donors (Lipinski definition) is 1. The van der Waals surface area contributed by atoms with Crippen molar-refractivity contribution in [1.29, 1.82) is 0 Å². The van der Waals surface area contributed by atoms with Crippen LogP contribution >= 0.6 is 11.3 Å². The summed E-state index contributed by atoms with van der Waals surface area (Å²) >= 11 is -0.0241. The first-order valence-corrected chi connectivity index (χ1v) is 16.6. The van der Waals surface area contributed by atoms with E-state index in [9.17, 15) is 5.11 Å². The maximum absolute atomic E-state index is 10.5. The standard InChI is InChI=1S/C9H11OS.3CH3.Sn/c10-9(5-1-2-6-9)8-4-3-7-11-8;;;;/h3-4,10H,1-2,5-6H2;3*1H3;. The summed E-state index contributed by atoms with van der Waals surface area (Å²) in [6.45, 7) is 0. The number of thiophene rings is 1. The summed E-state index contributed by atoms with van der Waals surface area (Å²) in [5.74, 6) is 0. The molecular weight excluding hydrogens is 311 g/mol. The van der Waals surface area contributed by atoms with Crippen molar-refractivity contribution in [3.63, 3.8) is 0 Å². The number of aliphatic hydroxyl groups is 1. The van der Waals surface area contributed by atoms with Crippen molar-refractivity contribution in [3.05, 3.63) is 17.0 Å². The Morgan fingerprint density at radius 2 is 1.80 bits per heavy atom. The van der Waals surface area contributed by atoms with Gasteiger partial charge in [0, 0.05) is 0 Å². The van der Waals surface area contributed by atoms with Crippen LogP contribution in [0.1, 0.15) is 30.6 Å². The fourth-order valence-electron chi connectivity index (χ4n) is 2.20. The molecule has 1 saturated carbocycles. The normalized spacial score (nSPS) is 20.8. The van der Waals surface area contributed by atoms with Crippen LogP contribution < -0.4 is 2.89 Å². The van der Waals surface area contributed by atoms with Gasteiger partial charge in [0.05, 0.1) is 0 Å². The zero-order valence-corrected chi connectivity index (χ0v) is 13.5. The molecular formula is C12H20OSSn. The van der Waals surface area contributed by atoms with Gasteiger partial charge in [0.25, 0.3) is 0 Å². The van der Waals surface area contributed by atoms with Crippen molar-refractivity contribution in [2.24, 2.45) is 0 Å². The van der Waals surface area contributed by atoms with Gasteiger partial charge >= 0.3 is 101 Å². The molecule has 0 spiro atoms. The van der Waals surface area contributed by atoms with Crippen LogP contribution in [0.4, 0.5) is 0 Å². The van der Waals surface area contributed by atoms with Gasteiger partial charge in [0.2, 0.25) is 0 Å². The molecule has 1 N–H and O–H groups in total. The average molecular weight is 331 g/mol. The summed E-state index contributed by atoms with van der Waals surface area (Å²) in [4.78, 5) is 8.52. The fraction of sp³-hybridized carbons (Fsp3) is 0.667. The van der Waals surface area contributed by atoms with Crippen LogP contribution in [-0.4, -0.2) is 23.5 Å². The zero-order chi connectivity index (χ0) is 11.1. The Labute approximate surface area is 100 Å². The quantitative estimate of drug-likeness (QED) is 0.826. The molecule has 1 nitrogen and oxygen atoms in total. The zero-order valence-electron chi connectivity index (χ0n) is 9.84. The van der Waals surface area contributed by atoms with Gasteiger partial charge in [-0.15, -0.1) is 0 Å². The summed E-state index contributed by atoms with van der Waals surface area (Å²) in [7, 11) is 0. The van der Waals surface area contributed by atoms with E-state index in [1.807, 2.05) is 11.3 Å². The van der Waals surface area contributed by atoms with E-state index in [-0.39, 0.29) is 0 Å². The Morgan fingerprint density at radius 3 is 2.27 bits per heavy atom. The van der Waals surface area contributed by atoms with Crippen molar-refractivity contribution in [2.45, 2.75) is 46.1 Å². The van der Waals surface area contributed by atoms with E-state index in [0.717, 1.165) is 12.8 Å².